The third-order valence-corrected chi connectivity index (χ3v) is 5.39. The number of aliphatic hydroxyl groups is 3. The molecule has 2 unspecified atom stereocenters. The fraction of sp³-hybridized carbons (Fsp3) is 0.320. The maximum absolute atomic E-state index is 14.8. The van der Waals surface area contributed by atoms with Gasteiger partial charge < -0.3 is 29.4 Å². The van der Waals surface area contributed by atoms with Crippen LogP contribution in [0.5, 0.6) is 5.75 Å². The zero-order valence-corrected chi connectivity index (χ0v) is 18.1. The standard InChI is InChI=1S/C25H25FN2O5/c1-16(30)25-27-10-11-28(25)19(13-29)6-2-17-3-9-21(22(26)12-17)18-4-7-20(8-5-18)33-24-15-32-14-23(24)31/h3-5,7-12,16,19,23-24,29-31H,13-15H2,1H3/t16-,19-,23?,24?/m0/s1. The highest BCUT2D eigenvalue weighted by molar-refractivity contribution is 5.66. The number of nitrogens with zero attached hydrogens (tertiary/aromatic N) is 2. The van der Waals surface area contributed by atoms with E-state index in [-0.39, 0.29) is 13.2 Å². The molecule has 0 amide bonds. The lowest BCUT2D eigenvalue weighted by atomic mass is 10.0. The Morgan fingerprint density at radius 2 is 2.03 bits per heavy atom. The Bertz CT molecular complexity index is 1150. The summed E-state index contributed by atoms with van der Waals surface area (Å²) in [5.74, 6) is 6.34. The van der Waals surface area contributed by atoms with Crippen molar-refractivity contribution in [2.45, 2.75) is 31.3 Å². The van der Waals surface area contributed by atoms with Gasteiger partial charge in [-0.25, -0.2) is 9.37 Å². The van der Waals surface area contributed by atoms with Crippen LogP contribution in [0.15, 0.2) is 54.9 Å². The molecule has 8 heteroatoms. The number of aromatic nitrogens is 2. The van der Waals surface area contributed by atoms with Gasteiger partial charge in [-0.3, -0.25) is 0 Å². The average molecular weight is 452 g/mol. The van der Waals surface area contributed by atoms with Gasteiger partial charge in [0.1, 0.15) is 41.7 Å². The zero-order valence-electron chi connectivity index (χ0n) is 18.1. The maximum Gasteiger partial charge on any atom is 0.150 e. The van der Waals surface area contributed by atoms with Crippen molar-refractivity contribution in [1.82, 2.24) is 9.55 Å². The highest BCUT2D eigenvalue weighted by Crippen LogP contribution is 2.27. The molecule has 4 rings (SSSR count). The van der Waals surface area contributed by atoms with Gasteiger partial charge in [0, 0.05) is 23.5 Å². The van der Waals surface area contributed by atoms with Crippen LogP contribution in [0.3, 0.4) is 0 Å². The molecule has 2 aromatic carbocycles. The normalized spacial score (nSPS) is 19.5. The van der Waals surface area contributed by atoms with Crippen LogP contribution < -0.4 is 4.74 Å². The summed E-state index contributed by atoms with van der Waals surface area (Å²) in [6.45, 7) is 1.90. The van der Waals surface area contributed by atoms with E-state index in [0.717, 1.165) is 0 Å². The highest BCUT2D eigenvalue weighted by Gasteiger charge is 2.27. The Morgan fingerprint density at radius 3 is 2.67 bits per heavy atom. The van der Waals surface area contributed by atoms with Crippen molar-refractivity contribution >= 4 is 0 Å². The largest absolute Gasteiger partial charge is 0.485 e. The van der Waals surface area contributed by atoms with E-state index in [2.05, 4.69) is 16.8 Å². The fourth-order valence-corrected chi connectivity index (χ4v) is 3.63. The van der Waals surface area contributed by atoms with Crippen LogP contribution in [-0.2, 0) is 4.74 Å². The molecule has 33 heavy (non-hydrogen) atoms. The number of benzene rings is 2. The van der Waals surface area contributed by atoms with E-state index in [9.17, 15) is 19.7 Å². The molecule has 0 radical (unpaired) electrons. The van der Waals surface area contributed by atoms with Crippen molar-refractivity contribution in [3.8, 4) is 28.7 Å². The summed E-state index contributed by atoms with van der Waals surface area (Å²) in [6, 6.07) is 11.0. The van der Waals surface area contributed by atoms with Gasteiger partial charge in [0.05, 0.1) is 19.8 Å². The molecular weight excluding hydrogens is 427 g/mol. The van der Waals surface area contributed by atoms with E-state index in [1.807, 2.05) is 0 Å². The number of hydrogen-bond acceptors (Lipinski definition) is 6. The second-order valence-electron chi connectivity index (χ2n) is 7.82. The summed E-state index contributed by atoms with van der Waals surface area (Å²) < 4.78 is 27.3. The lowest BCUT2D eigenvalue weighted by Gasteiger charge is -2.15. The quantitative estimate of drug-likeness (QED) is 0.498. The zero-order chi connectivity index (χ0) is 23.4. The Morgan fingerprint density at radius 1 is 1.24 bits per heavy atom. The summed E-state index contributed by atoms with van der Waals surface area (Å²) in [5, 5.41) is 29.3. The molecule has 1 aliphatic heterocycles. The van der Waals surface area contributed by atoms with Gasteiger partial charge in [0.15, 0.2) is 0 Å². The van der Waals surface area contributed by atoms with Crippen LogP contribution in [0.2, 0.25) is 0 Å². The Hall–Kier alpha value is -3.22. The first-order valence-corrected chi connectivity index (χ1v) is 10.6. The smallest absolute Gasteiger partial charge is 0.150 e. The van der Waals surface area contributed by atoms with Gasteiger partial charge in [-0.1, -0.05) is 30.0 Å². The summed E-state index contributed by atoms with van der Waals surface area (Å²) >= 11 is 0. The minimum atomic E-state index is -0.805. The van der Waals surface area contributed by atoms with Gasteiger partial charge in [-0.15, -0.1) is 0 Å². The minimum absolute atomic E-state index is 0.256. The molecule has 4 atom stereocenters. The van der Waals surface area contributed by atoms with Crippen LogP contribution >= 0.6 is 0 Å². The lowest BCUT2D eigenvalue weighted by molar-refractivity contribution is 0.0733. The SMILES string of the molecule is C[C@H](O)c1nccn1[C@@H](C#Cc1ccc(-c2ccc(OC3COCC3O)cc2)c(F)c1)CO. The molecule has 7 nitrogen and oxygen atoms in total. The van der Waals surface area contributed by atoms with Crippen LogP contribution in [0.1, 0.15) is 30.5 Å². The number of halogens is 1. The van der Waals surface area contributed by atoms with Gasteiger partial charge >= 0.3 is 0 Å². The minimum Gasteiger partial charge on any atom is -0.485 e. The average Bonchev–Trinajstić information content (AvgIpc) is 3.45. The van der Waals surface area contributed by atoms with Gasteiger partial charge in [-0.05, 0) is 36.8 Å². The van der Waals surface area contributed by atoms with Crippen LogP contribution in [0, 0.1) is 17.7 Å². The van der Waals surface area contributed by atoms with Gasteiger partial charge in [-0.2, -0.15) is 0 Å². The topological polar surface area (TPSA) is 97.0 Å². The molecule has 0 aliphatic carbocycles. The van der Waals surface area contributed by atoms with Crippen LogP contribution in [-0.4, -0.2) is 56.9 Å². The van der Waals surface area contributed by atoms with Crippen molar-refractivity contribution < 1.29 is 29.2 Å². The summed E-state index contributed by atoms with van der Waals surface area (Å²) in [6.07, 6.45) is 1.29. The first-order chi connectivity index (χ1) is 16.0. The lowest BCUT2D eigenvalue weighted by Crippen LogP contribution is -2.29. The third kappa shape index (κ3) is 5.24. The molecule has 172 valence electrons. The Kier molecular flexibility index (Phi) is 7.06. The number of aliphatic hydroxyl groups excluding tert-OH is 3. The molecule has 1 aromatic heterocycles. The fourth-order valence-electron chi connectivity index (χ4n) is 3.63. The summed E-state index contributed by atoms with van der Waals surface area (Å²) in [7, 11) is 0. The van der Waals surface area contributed by atoms with E-state index in [0.29, 0.717) is 34.9 Å². The number of ether oxygens (including phenoxy) is 2. The first-order valence-electron chi connectivity index (χ1n) is 10.6. The molecule has 2 heterocycles. The first kappa shape index (κ1) is 23.0. The number of hydrogen-bond donors (Lipinski definition) is 3. The monoisotopic (exact) mass is 452 g/mol. The Labute approximate surface area is 191 Å². The van der Waals surface area contributed by atoms with Crippen molar-refractivity contribution in [2.24, 2.45) is 0 Å². The van der Waals surface area contributed by atoms with Crippen LogP contribution in [0.4, 0.5) is 4.39 Å². The van der Waals surface area contributed by atoms with Gasteiger partial charge in [0.2, 0.25) is 0 Å². The van der Waals surface area contributed by atoms with Crippen molar-refractivity contribution in [3.63, 3.8) is 0 Å². The maximum atomic E-state index is 14.8. The third-order valence-electron chi connectivity index (χ3n) is 5.39. The predicted molar refractivity (Wildman–Crippen MR) is 119 cm³/mol. The number of rotatable bonds is 6. The molecule has 1 fully saturated rings. The van der Waals surface area contributed by atoms with E-state index in [1.54, 1.807) is 54.1 Å². The molecule has 1 aliphatic rings. The second-order valence-corrected chi connectivity index (χ2v) is 7.82. The van der Waals surface area contributed by atoms with Crippen molar-refractivity contribution in [3.05, 3.63) is 72.1 Å². The van der Waals surface area contributed by atoms with E-state index in [1.165, 1.54) is 12.3 Å². The van der Waals surface area contributed by atoms with E-state index >= 15 is 0 Å². The second kappa shape index (κ2) is 10.1. The van der Waals surface area contributed by atoms with Gasteiger partial charge in [0.25, 0.3) is 0 Å². The highest BCUT2D eigenvalue weighted by atomic mass is 19.1. The molecule has 0 spiro atoms. The summed E-state index contributed by atoms with van der Waals surface area (Å²) in [4.78, 5) is 4.08. The van der Waals surface area contributed by atoms with Crippen molar-refractivity contribution in [1.29, 1.82) is 0 Å². The van der Waals surface area contributed by atoms with E-state index < -0.39 is 30.2 Å². The predicted octanol–water partition coefficient (Wildman–Crippen LogP) is 2.47. The van der Waals surface area contributed by atoms with Crippen molar-refractivity contribution in [2.75, 3.05) is 19.8 Å². The molecule has 0 saturated carbocycles. The number of imidazole rings is 1. The molecule has 3 aromatic rings. The molecule has 1 saturated heterocycles. The molecular formula is C25H25FN2O5. The molecule has 0 bridgehead atoms. The summed E-state index contributed by atoms with van der Waals surface area (Å²) in [5.41, 5.74) is 1.56. The van der Waals surface area contributed by atoms with E-state index in [4.69, 9.17) is 9.47 Å². The van der Waals surface area contributed by atoms with Crippen LogP contribution in [0.25, 0.3) is 11.1 Å². The Balaban J connectivity index is 1.49. The molecule has 3 N–H and O–H groups in total.